The van der Waals surface area contributed by atoms with Crippen LogP contribution in [-0.2, 0) is 9.05 Å². The molecule has 7 heteroatoms. The maximum absolute atomic E-state index is 12.1. The van der Waals surface area contributed by atoms with E-state index in [-0.39, 0.29) is 16.4 Å². The normalized spacial score (nSPS) is 21.6. The first-order valence-electron chi connectivity index (χ1n) is 6.23. The van der Waals surface area contributed by atoms with Gasteiger partial charge in [0.1, 0.15) is 0 Å². The topological polar surface area (TPSA) is 63.2 Å². The van der Waals surface area contributed by atoms with E-state index in [1.54, 1.807) is 13.0 Å². The Morgan fingerprint density at radius 3 is 2.60 bits per heavy atom. The first-order chi connectivity index (χ1) is 9.20. The van der Waals surface area contributed by atoms with Crippen LogP contribution in [0.25, 0.3) is 0 Å². The van der Waals surface area contributed by atoms with Gasteiger partial charge in [0.05, 0.1) is 4.90 Å². The van der Waals surface area contributed by atoms with Crippen molar-refractivity contribution in [3.8, 4) is 0 Å². The molecule has 1 aliphatic carbocycles. The van der Waals surface area contributed by atoms with E-state index in [4.69, 9.17) is 10.7 Å². The highest BCUT2D eigenvalue weighted by atomic mass is 79.9. The molecule has 0 bridgehead atoms. The Balaban J connectivity index is 2.23. The third kappa shape index (κ3) is 3.54. The van der Waals surface area contributed by atoms with Gasteiger partial charge < -0.3 is 5.32 Å². The minimum atomic E-state index is -3.88. The largest absolute Gasteiger partial charge is 0.352 e. The first-order valence-corrected chi connectivity index (χ1v) is 9.33. The summed E-state index contributed by atoms with van der Waals surface area (Å²) in [7, 11) is 1.51. The second kappa shape index (κ2) is 5.66. The van der Waals surface area contributed by atoms with Crippen molar-refractivity contribution < 1.29 is 13.2 Å². The molecule has 1 aromatic rings. The van der Waals surface area contributed by atoms with Crippen molar-refractivity contribution in [2.24, 2.45) is 11.8 Å². The minimum Gasteiger partial charge on any atom is -0.352 e. The van der Waals surface area contributed by atoms with E-state index in [1.807, 2.05) is 0 Å². The molecule has 110 valence electrons. The van der Waals surface area contributed by atoms with Gasteiger partial charge in [0.15, 0.2) is 0 Å². The fourth-order valence-electron chi connectivity index (χ4n) is 2.05. The van der Waals surface area contributed by atoms with Crippen molar-refractivity contribution in [1.29, 1.82) is 0 Å². The molecule has 2 rings (SSSR count). The summed E-state index contributed by atoms with van der Waals surface area (Å²) in [5, 5.41) is 2.82. The Labute approximate surface area is 131 Å². The minimum absolute atomic E-state index is 0.0431. The van der Waals surface area contributed by atoms with Crippen molar-refractivity contribution in [3.63, 3.8) is 0 Å². The van der Waals surface area contributed by atoms with Crippen LogP contribution in [0, 0.1) is 18.8 Å². The van der Waals surface area contributed by atoms with E-state index in [0.717, 1.165) is 6.42 Å². The van der Waals surface area contributed by atoms with Crippen LogP contribution >= 0.6 is 26.6 Å². The first kappa shape index (κ1) is 15.8. The van der Waals surface area contributed by atoms with Gasteiger partial charge >= 0.3 is 0 Å². The van der Waals surface area contributed by atoms with Gasteiger partial charge in [-0.1, -0.05) is 22.9 Å². The molecule has 0 aliphatic heterocycles. The van der Waals surface area contributed by atoms with Crippen LogP contribution in [0.15, 0.2) is 21.5 Å². The Hall–Kier alpha value is -0.590. The lowest BCUT2D eigenvalue weighted by molar-refractivity contribution is 0.0951. The monoisotopic (exact) mass is 379 g/mol. The van der Waals surface area contributed by atoms with E-state index >= 15 is 0 Å². The number of halogens is 2. The smallest absolute Gasteiger partial charge is 0.261 e. The van der Waals surface area contributed by atoms with Gasteiger partial charge in [0.2, 0.25) is 0 Å². The SMILES string of the molecule is Cc1c(Br)cc(C(=O)NCC2CC2C)cc1S(=O)(=O)Cl. The summed E-state index contributed by atoms with van der Waals surface area (Å²) < 4.78 is 23.6. The predicted molar refractivity (Wildman–Crippen MR) is 81.5 cm³/mol. The molecule has 1 saturated carbocycles. The molecule has 4 nitrogen and oxygen atoms in total. The summed E-state index contributed by atoms with van der Waals surface area (Å²) in [5.74, 6) is 0.897. The lowest BCUT2D eigenvalue weighted by atomic mass is 10.1. The standard InChI is InChI=1S/C13H15BrClNO3S/c1-7-3-10(7)6-16-13(17)9-4-11(14)8(2)12(5-9)20(15,18)19/h4-5,7,10H,3,6H2,1-2H3,(H,16,17). The Morgan fingerprint density at radius 1 is 1.50 bits per heavy atom. The Kier molecular flexibility index (Phi) is 4.47. The van der Waals surface area contributed by atoms with E-state index in [9.17, 15) is 13.2 Å². The van der Waals surface area contributed by atoms with Gasteiger partial charge in [-0.05, 0) is 42.9 Å². The highest BCUT2D eigenvalue weighted by molar-refractivity contribution is 9.10. The van der Waals surface area contributed by atoms with E-state index in [2.05, 4.69) is 28.2 Å². The van der Waals surface area contributed by atoms with Crippen LogP contribution in [0.4, 0.5) is 0 Å². The molecule has 0 spiro atoms. The molecule has 0 radical (unpaired) electrons. The van der Waals surface area contributed by atoms with Crippen LogP contribution in [0.3, 0.4) is 0 Å². The molecule has 1 fully saturated rings. The van der Waals surface area contributed by atoms with E-state index < -0.39 is 9.05 Å². The molecule has 2 unspecified atom stereocenters. The van der Waals surface area contributed by atoms with Gasteiger partial charge in [-0.15, -0.1) is 0 Å². The lowest BCUT2D eigenvalue weighted by Gasteiger charge is -2.09. The number of benzene rings is 1. The maximum atomic E-state index is 12.1. The highest BCUT2D eigenvalue weighted by Gasteiger charge is 2.32. The molecule has 2 atom stereocenters. The average Bonchev–Trinajstić information content (AvgIpc) is 3.04. The van der Waals surface area contributed by atoms with Crippen molar-refractivity contribution in [3.05, 3.63) is 27.7 Å². The number of rotatable bonds is 4. The van der Waals surface area contributed by atoms with E-state index in [0.29, 0.717) is 28.4 Å². The molecule has 1 aromatic carbocycles. The number of amides is 1. The second-order valence-corrected chi connectivity index (χ2v) is 8.59. The van der Waals surface area contributed by atoms with E-state index in [1.165, 1.54) is 6.07 Å². The summed E-state index contributed by atoms with van der Waals surface area (Å²) in [4.78, 5) is 12.0. The molecule has 20 heavy (non-hydrogen) atoms. The highest BCUT2D eigenvalue weighted by Crippen LogP contribution is 2.36. The molecule has 1 N–H and O–H groups in total. The number of carbonyl (C=O) groups is 1. The van der Waals surface area contributed by atoms with Crippen LogP contribution in [0.5, 0.6) is 0 Å². The Morgan fingerprint density at radius 2 is 2.10 bits per heavy atom. The molecular formula is C13H15BrClNO3S. The summed E-state index contributed by atoms with van der Waals surface area (Å²) >= 11 is 3.26. The fraction of sp³-hybridized carbons (Fsp3) is 0.462. The number of hydrogen-bond donors (Lipinski definition) is 1. The molecular weight excluding hydrogens is 366 g/mol. The maximum Gasteiger partial charge on any atom is 0.261 e. The molecule has 1 aliphatic rings. The molecule has 0 saturated heterocycles. The fourth-order valence-corrected chi connectivity index (χ4v) is 3.86. The molecule has 0 heterocycles. The summed E-state index contributed by atoms with van der Waals surface area (Å²) in [6.07, 6.45) is 1.12. The average molecular weight is 381 g/mol. The summed E-state index contributed by atoms with van der Waals surface area (Å²) in [5.41, 5.74) is 0.780. The summed E-state index contributed by atoms with van der Waals surface area (Å²) in [6, 6.07) is 2.92. The van der Waals surface area contributed by atoms with Crippen molar-refractivity contribution in [2.75, 3.05) is 6.54 Å². The van der Waals surface area contributed by atoms with Crippen LogP contribution in [-0.4, -0.2) is 20.9 Å². The van der Waals surface area contributed by atoms with Crippen molar-refractivity contribution in [2.45, 2.75) is 25.2 Å². The second-order valence-electron chi connectivity index (χ2n) is 5.20. The zero-order valence-corrected chi connectivity index (χ0v) is 14.3. The van der Waals surface area contributed by atoms with Gasteiger partial charge in [-0.2, -0.15) is 0 Å². The summed E-state index contributed by atoms with van der Waals surface area (Å²) in [6.45, 7) is 4.39. The number of carbonyl (C=O) groups excluding carboxylic acids is 1. The predicted octanol–water partition coefficient (Wildman–Crippen LogP) is 3.07. The third-order valence-corrected chi connectivity index (χ3v) is 5.89. The Bertz CT molecular complexity index is 660. The van der Waals surface area contributed by atoms with Crippen LogP contribution < -0.4 is 5.32 Å². The van der Waals surface area contributed by atoms with Gasteiger partial charge in [0, 0.05) is 27.3 Å². The van der Waals surface area contributed by atoms with Crippen LogP contribution in [0.1, 0.15) is 29.3 Å². The molecule has 1 amide bonds. The quantitative estimate of drug-likeness (QED) is 0.817. The van der Waals surface area contributed by atoms with Crippen molar-refractivity contribution in [1.82, 2.24) is 5.32 Å². The van der Waals surface area contributed by atoms with Gasteiger partial charge in [0.25, 0.3) is 15.0 Å². The molecule has 0 aromatic heterocycles. The van der Waals surface area contributed by atoms with Crippen LogP contribution in [0.2, 0.25) is 0 Å². The number of nitrogens with one attached hydrogen (secondary N) is 1. The third-order valence-electron chi connectivity index (χ3n) is 3.62. The van der Waals surface area contributed by atoms with Gasteiger partial charge in [-0.3, -0.25) is 4.79 Å². The van der Waals surface area contributed by atoms with Gasteiger partial charge in [-0.25, -0.2) is 8.42 Å². The lowest BCUT2D eigenvalue weighted by Crippen LogP contribution is -2.26. The zero-order valence-electron chi connectivity index (χ0n) is 11.1. The van der Waals surface area contributed by atoms with Crippen molar-refractivity contribution >= 4 is 41.6 Å². The number of hydrogen-bond acceptors (Lipinski definition) is 3. The zero-order chi connectivity index (χ0) is 15.1.